The maximum Gasteiger partial charge on any atom is 0.417 e. The number of benzene rings is 1. The van der Waals surface area contributed by atoms with Crippen LogP contribution in [0.5, 0.6) is 0 Å². The number of rotatable bonds is 3. The Bertz CT molecular complexity index is 758. The van der Waals surface area contributed by atoms with Gasteiger partial charge < -0.3 is 15.5 Å². The fraction of sp³-hybridized carbons (Fsp3) is 0.200. The van der Waals surface area contributed by atoms with Crippen LogP contribution in [0.4, 0.5) is 11.4 Å². The van der Waals surface area contributed by atoms with E-state index in [9.17, 15) is 4.79 Å². The molecule has 0 spiro atoms. The molecule has 5 N–H and O–H groups in total. The number of hydrogen-bond donors (Lipinski definition) is 4. The van der Waals surface area contributed by atoms with Crippen LogP contribution in [-0.2, 0) is 0 Å². The predicted molar refractivity (Wildman–Crippen MR) is 67.5 cm³/mol. The highest BCUT2D eigenvalue weighted by molar-refractivity contribution is 5.85. The van der Waals surface area contributed by atoms with E-state index in [1.165, 1.54) is 0 Å². The summed E-state index contributed by atoms with van der Waals surface area (Å²) in [5.41, 5.74) is 8.00. The lowest BCUT2D eigenvalue weighted by Crippen LogP contribution is -2.10. The molecule has 98 valence electrons. The summed E-state index contributed by atoms with van der Waals surface area (Å²) >= 11 is 0. The lowest BCUT2D eigenvalue weighted by Gasteiger charge is -2.13. The monoisotopic (exact) mass is 261 g/mol. The first kappa shape index (κ1) is 11.3. The SMILES string of the molecule is CC(Nc1cc2[nH]c(=O)oc2cc1N)c1nn[nH]n1. The van der Waals surface area contributed by atoms with Gasteiger partial charge in [0.2, 0.25) is 0 Å². The van der Waals surface area contributed by atoms with Crippen LogP contribution in [0.1, 0.15) is 18.8 Å². The number of anilines is 2. The number of aromatic amines is 2. The third-order valence-electron chi connectivity index (χ3n) is 2.71. The molecule has 0 radical (unpaired) electrons. The minimum atomic E-state index is -0.516. The van der Waals surface area contributed by atoms with E-state index in [-0.39, 0.29) is 6.04 Å². The predicted octanol–water partition coefficient (Wildman–Crippen LogP) is 0.389. The lowest BCUT2D eigenvalue weighted by atomic mass is 10.2. The van der Waals surface area contributed by atoms with Crippen LogP contribution in [0, 0.1) is 0 Å². The maximum atomic E-state index is 11.1. The van der Waals surface area contributed by atoms with Crippen molar-refractivity contribution in [3.05, 3.63) is 28.5 Å². The molecule has 0 aliphatic rings. The summed E-state index contributed by atoms with van der Waals surface area (Å²) in [5.74, 6) is -0.00190. The second-order valence-corrected chi connectivity index (χ2v) is 4.09. The summed E-state index contributed by atoms with van der Waals surface area (Å²) in [5, 5.41) is 16.8. The molecular weight excluding hydrogens is 250 g/mol. The van der Waals surface area contributed by atoms with Gasteiger partial charge in [-0.25, -0.2) is 4.79 Å². The average Bonchev–Trinajstić information content (AvgIpc) is 2.97. The van der Waals surface area contributed by atoms with Crippen LogP contribution >= 0.6 is 0 Å². The van der Waals surface area contributed by atoms with Crippen molar-refractivity contribution >= 4 is 22.5 Å². The maximum absolute atomic E-state index is 11.1. The average molecular weight is 261 g/mol. The fourth-order valence-corrected chi connectivity index (χ4v) is 1.79. The van der Waals surface area contributed by atoms with E-state index in [1.54, 1.807) is 12.1 Å². The number of tetrazole rings is 1. The first-order valence-corrected chi connectivity index (χ1v) is 5.55. The number of nitrogens with one attached hydrogen (secondary N) is 3. The number of nitrogens with zero attached hydrogens (tertiary/aromatic N) is 3. The van der Waals surface area contributed by atoms with E-state index in [4.69, 9.17) is 10.2 Å². The molecule has 1 aromatic carbocycles. The van der Waals surface area contributed by atoms with Gasteiger partial charge in [-0.3, -0.25) is 4.98 Å². The Kier molecular flexibility index (Phi) is 2.44. The fourth-order valence-electron chi connectivity index (χ4n) is 1.79. The van der Waals surface area contributed by atoms with E-state index in [1.807, 2.05) is 6.92 Å². The lowest BCUT2D eigenvalue weighted by molar-refractivity contribution is 0.555. The highest BCUT2D eigenvalue weighted by Crippen LogP contribution is 2.27. The molecule has 0 aliphatic heterocycles. The molecule has 9 heteroatoms. The highest BCUT2D eigenvalue weighted by Gasteiger charge is 2.13. The second kappa shape index (κ2) is 4.12. The van der Waals surface area contributed by atoms with Crippen molar-refractivity contribution in [3.63, 3.8) is 0 Å². The van der Waals surface area contributed by atoms with Gasteiger partial charge in [0, 0.05) is 6.07 Å². The molecule has 1 atom stereocenters. The van der Waals surface area contributed by atoms with Crippen molar-refractivity contribution < 1.29 is 4.42 Å². The Morgan fingerprint density at radius 1 is 1.47 bits per heavy atom. The van der Waals surface area contributed by atoms with Crippen molar-refractivity contribution in [2.24, 2.45) is 0 Å². The first-order chi connectivity index (χ1) is 9.13. The Labute approximate surface area is 106 Å². The van der Waals surface area contributed by atoms with Crippen molar-refractivity contribution in [3.8, 4) is 0 Å². The normalized spacial score (nSPS) is 12.7. The quantitative estimate of drug-likeness (QED) is 0.500. The van der Waals surface area contributed by atoms with Crippen LogP contribution < -0.4 is 16.8 Å². The summed E-state index contributed by atoms with van der Waals surface area (Å²) in [6, 6.07) is 3.10. The van der Waals surface area contributed by atoms with Gasteiger partial charge >= 0.3 is 5.76 Å². The standard InChI is InChI=1S/C10H11N7O2/c1-4(9-14-16-17-15-9)12-6-3-7-8(2-5(6)11)19-10(18)13-7/h2-4,12H,11H2,1H3,(H,13,18)(H,14,15,16,17). The zero-order chi connectivity index (χ0) is 13.4. The summed E-state index contributed by atoms with van der Waals surface area (Å²) in [6.45, 7) is 1.87. The number of nitrogens with two attached hydrogens (primary N) is 1. The van der Waals surface area contributed by atoms with Crippen LogP contribution in [-0.4, -0.2) is 25.6 Å². The van der Waals surface area contributed by atoms with Gasteiger partial charge in [0.1, 0.15) is 0 Å². The van der Waals surface area contributed by atoms with Crippen LogP contribution in [0.25, 0.3) is 11.1 Å². The molecule has 0 saturated heterocycles. The molecule has 0 amide bonds. The third kappa shape index (κ3) is 2.01. The number of fused-ring (bicyclic) bond motifs is 1. The van der Waals surface area contributed by atoms with Gasteiger partial charge in [0.05, 0.1) is 22.9 Å². The number of aromatic nitrogens is 5. The van der Waals surface area contributed by atoms with Gasteiger partial charge in [-0.2, -0.15) is 5.21 Å². The van der Waals surface area contributed by atoms with Crippen molar-refractivity contribution in [1.82, 2.24) is 25.6 Å². The largest absolute Gasteiger partial charge is 0.417 e. The minimum Gasteiger partial charge on any atom is -0.408 e. The zero-order valence-corrected chi connectivity index (χ0v) is 9.97. The Balaban J connectivity index is 1.96. The zero-order valence-electron chi connectivity index (χ0n) is 9.97. The molecule has 0 aliphatic carbocycles. The van der Waals surface area contributed by atoms with Crippen molar-refractivity contribution in [2.45, 2.75) is 13.0 Å². The number of H-pyrrole nitrogens is 2. The summed E-state index contributed by atoms with van der Waals surface area (Å²) in [7, 11) is 0. The van der Waals surface area contributed by atoms with Gasteiger partial charge in [-0.1, -0.05) is 5.21 Å². The number of oxazole rings is 1. The Morgan fingerprint density at radius 2 is 2.32 bits per heavy atom. The van der Waals surface area contributed by atoms with Gasteiger partial charge in [0.15, 0.2) is 11.4 Å². The summed E-state index contributed by atoms with van der Waals surface area (Å²) in [6.07, 6.45) is 0. The van der Waals surface area contributed by atoms with E-state index in [2.05, 4.69) is 30.9 Å². The van der Waals surface area contributed by atoms with Gasteiger partial charge in [-0.05, 0) is 13.0 Å². The molecule has 1 unspecified atom stereocenters. The van der Waals surface area contributed by atoms with Crippen LogP contribution in [0.3, 0.4) is 0 Å². The van der Waals surface area contributed by atoms with Gasteiger partial charge in [0.25, 0.3) is 0 Å². The van der Waals surface area contributed by atoms with E-state index < -0.39 is 5.76 Å². The molecule has 3 rings (SSSR count). The molecular formula is C10H11N7O2. The van der Waals surface area contributed by atoms with Crippen molar-refractivity contribution in [1.29, 1.82) is 0 Å². The van der Waals surface area contributed by atoms with E-state index in [0.717, 1.165) is 0 Å². The van der Waals surface area contributed by atoms with Gasteiger partial charge in [-0.15, -0.1) is 10.2 Å². The molecule has 0 saturated carbocycles. The van der Waals surface area contributed by atoms with Crippen LogP contribution in [0.2, 0.25) is 0 Å². The molecule has 2 heterocycles. The highest BCUT2D eigenvalue weighted by atomic mass is 16.4. The molecule has 9 nitrogen and oxygen atoms in total. The molecule has 0 fully saturated rings. The van der Waals surface area contributed by atoms with Crippen molar-refractivity contribution in [2.75, 3.05) is 11.1 Å². The topological polar surface area (TPSA) is 139 Å². The summed E-state index contributed by atoms with van der Waals surface area (Å²) < 4.78 is 4.92. The smallest absolute Gasteiger partial charge is 0.408 e. The Hall–Kier alpha value is -2.84. The van der Waals surface area contributed by atoms with E-state index in [0.29, 0.717) is 28.3 Å². The molecule has 0 bridgehead atoms. The third-order valence-corrected chi connectivity index (χ3v) is 2.71. The minimum absolute atomic E-state index is 0.183. The molecule has 2 aromatic heterocycles. The number of hydrogen-bond acceptors (Lipinski definition) is 7. The first-order valence-electron chi connectivity index (χ1n) is 5.55. The molecule has 19 heavy (non-hydrogen) atoms. The van der Waals surface area contributed by atoms with E-state index >= 15 is 0 Å². The van der Waals surface area contributed by atoms with Crippen LogP contribution in [0.15, 0.2) is 21.3 Å². The summed E-state index contributed by atoms with van der Waals surface area (Å²) in [4.78, 5) is 13.7. The molecule has 3 aromatic rings. The number of nitrogen functional groups attached to an aromatic ring is 1. The Morgan fingerprint density at radius 3 is 3.05 bits per heavy atom. The second-order valence-electron chi connectivity index (χ2n) is 4.09.